The quantitative estimate of drug-likeness (QED) is 0.819. The van der Waals surface area contributed by atoms with Gasteiger partial charge in [-0.25, -0.2) is 0 Å². The lowest BCUT2D eigenvalue weighted by Gasteiger charge is -2.08. The van der Waals surface area contributed by atoms with Crippen molar-refractivity contribution in [3.05, 3.63) is 59.1 Å². The molecule has 0 radical (unpaired) electrons. The predicted octanol–water partition coefficient (Wildman–Crippen LogP) is 3.47. The van der Waals surface area contributed by atoms with Crippen molar-refractivity contribution in [1.82, 2.24) is 0 Å². The Morgan fingerprint density at radius 1 is 1.00 bits per heavy atom. The average Bonchev–Trinajstić information content (AvgIpc) is 2.30. The maximum absolute atomic E-state index is 5.98. The Morgan fingerprint density at radius 3 is 2.40 bits per heavy atom. The second-order valence-corrected chi connectivity index (χ2v) is 3.81. The SMILES string of the molecule is NCc1ccc(Cl)cc1-c1ccccc1. The summed E-state index contributed by atoms with van der Waals surface area (Å²) in [5, 5.41) is 0.742. The van der Waals surface area contributed by atoms with Crippen molar-refractivity contribution in [2.75, 3.05) is 0 Å². The Bertz CT molecular complexity index is 451. The topological polar surface area (TPSA) is 26.0 Å². The Hall–Kier alpha value is -1.31. The van der Waals surface area contributed by atoms with Crippen LogP contribution in [0.5, 0.6) is 0 Å². The fourth-order valence-electron chi connectivity index (χ4n) is 1.61. The highest BCUT2D eigenvalue weighted by Crippen LogP contribution is 2.26. The summed E-state index contributed by atoms with van der Waals surface area (Å²) in [4.78, 5) is 0. The van der Waals surface area contributed by atoms with Crippen LogP contribution >= 0.6 is 11.6 Å². The lowest BCUT2D eigenvalue weighted by atomic mass is 10.00. The standard InChI is InChI=1S/C13H12ClN/c14-12-7-6-11(9-15)13(8-12)10-4-2-1-3-5-10/h1-8H,9,15H2. The lowest BCUT2D eigenvalue weighted by Crippen LogP contribution is -1.98. The highest BCUT2D eigenvalue weighted by Gasteiger charge is 2.03. The van der Waals surface area contributed by atoms with Crippen LogP contribution in [0.25, 0.3) is 11.1 Å². The van der Waals surface area contributed by atoms with Crippen LogP contribution in [-0.4, -0.2) is 0 Å². The van der Waals surface area contributed by atoms with Gasteiger partial charge >= 0.3 is 0 Å². The third kappa shape index (κ3) is 2.20. The van der Waals surface area contributed by atoms with Crippen LogP contribution in [0.4, 0.5) is 0 Å². The van der Waals surface area contributed by atoms with Gasteiger partial charge in [-0.05, 0) is 28.8 Å². The van der Waals surface area contributed by atoms with E-state index in [4.69, 9.17) is 17.3 Å². The molecule has 2 rings (SSSR count). The third-order valence-corrected chi connectivity index (χ3v) is 2.61. The molecule has 0 saturated carbocycles. The van der Waals surface area contributed by atoms with Gasteiger partial charge in [0, 0.05) is 11.6 Å². The highest BCUT2D eigenvalue weighted by molar-refractivity contribution is 6.30. The zero-order chi connectivity index (χ0) is 10.7. The zero-order valence-electron chi connectivity index (χ0n) is 8.28. The fourth-order valence-corrected chi connectivity index (χ4v) is 1.79. The number of halogens is 1. The van der Waals surface area contributed by atoms with Crippen molar-refractivity contribution < 1.29 is 0 Å². The first-order valence-electron chi connectivity index (χ1n) is 4.85. The molecule has 0 atom stereocenters. The van der Waals surface area contributed by atoms with Crippen LogP contribution in [0.2, 0.25) is 5.02 Å². The van der Waals surface area contributed by atoms with Crippen LogP contribution in [-0.2, 0) is 6.54 Å². The molecule has 0 aliphatic rings. The summed E-state index contributed by atoms with van der Waals surface area (Å²) in [5.41, 5.74) is 9.08. The van der Waals surface area contributed by atoms with E-state index in [0.717, 1.165) is 21.7 Å². The van der Waals surface area contributed by atoms with Gasteiger partial charge in [0.25, 0.3) is 0 Å². The minimum Gasteiger partial charge on any atom is -0.326 e. The van der Waals surface area contributed by atoms with Gasteiger partial charge in [-0.15, -0.1) is 0 Å². The van der Waals surface area contributed by atoms with Crippen LogP contribution < -0.4 is 5.73 Å². The van der Waals surface area contributed by atoms with E-state index in [2.05, 4.69) is 12.1 Å². The molecular weight excluding hydrogens is 206 g/mol. The fraction of sp³-hybridized carbons (Fsp3) is 0.0769. The first kappa shape index (κ1) is 10.2. The largest absolute Gasteiger partial charge is 0.326 e. The predicted molar refractivity (Wildman–Crippen MR) is 64.8 cm³/mol. The van der Waals surface area contributed by atoms with E-state index < -0.39 is 0 Å². The number of benzene rings is 2. The molecule has 15 heavy (non-hydrogen) atoms. The first-order chi connectivity index (χ1) is 7.31. The number of hydrogen-bond acceptors (Lipinski definition) is 1. The highest BCUT2D eigenvalue weighted by atomic mass is 35.5. The van der Waals surface area contributed by atoms with Gasteiger partial charge in [0.2, 0.25) is 0 Å². The molecule has 2 heteroatoms. The molecule has 2 aromatic rings. The maximum Gasteiger partial charge on any atom is 0.0412 e. The van der Waals surface area contributed by atoms with E-state index in [1.165, 1.54) is 0 Å². The third-order valence-electron chi connectivity index (χ3n) is 2.38. The summed E-state index contributed by atoms with van der Waals surface area (Å²) >= 11 is 5.98. The van der Waals surface area contributed by atoms with Crippen LogP contribution in [0, 0.1) is 0 Å². The molecule has 0 aliphatic heterocycles. The zero-order valence-corrected chi connectivity index (χ0v) is 9.04. The molecule has 0 bridgehead atoms. The summed E-state index contributed by atoms with van der Waals surface area (Å²) in [6.45, 7) is 0.529. The van der Waals surface area contributed by atoms with Crippen molar-refractivity contribution in [1.29, 1.82) is 0 Å². The average molecular weight is 218 g/mol. The first-order valence-corrected chi connectivity index (χ1v) is 5.23. The van der Waals surface area contributed by atoms with Gasteiger partial charge in [0.05, 0.1) is 0 Å². The molecule has 2 N–H and O–H groups in total. The van der Waals surface area contributed by atoms with Crippen LogP contribution in [0.15, 0.2) is 48.5 Å². The van der Waals surface area contributed by atoms with Crippen molar-refractivity contribution in [3.63, 3.8) is 0 Å². The lowest BCUT2D eigenvalue weighted by molar-refractivity contribution is 1.07. The second kappa shape index (κ2) is 4.47. The summed E-state index contributed by atoms with van der Waals surface area (Å²) in [5.74, 6) is 0. The summed E-state index contributed by atoms with van der Waals surface area (Å²) in [7, 11) is 0. The van der Waals surface area contributed by atoms with Crippen molar-refractivity contribution in [3.8, 4) is 11.1 Å². The molecule has 0 fully saturated rings. The summed E-state index contributed by atoms with van der Waals surface area (Å²) in [6.07, 6.45) is 0. The molecule has 1 nitrogen and oxygen atoms in total. The van der Waals surface area contributed by atoms with Gasteiger partial charge in [-0.2, -0.15) is 0 Å². The van der Waals surface area contributed by atoms with Gasteiger partial charge in [-0.3, -0.25) is 0 Å². The van der Waals surface area contributed by atoms with Crippen molar-refractivity contribution >= 4 is 11.6 Å². The maximum atomic E-state index is 5.98. The monoisotopic (exact) mass is 217 g/mol. The van der Waals surface area contributed by atoms with E-state index in [0.29, 0.717) is 6.54 Å². The Labute approximate surface area is 94.5 Å². The molecule has 0 aliphatic carbocycles. The Balaban J connectivity index is 2.56. The van der Waals surface area contributed by atoms with Crippen LogP contribution in [0.1, 0.15) is 5.56 Å². The number of nitrogens with two attached hydrogens (primary N) is 1. The van der Waals surface area contributed by atoms with Crippen molar-refractivity contribution in [2.45, 2.75) is 6.54 Å². The number of rotatable bonds is 2. The molecule has 0 heterocycles. The minimum atomic E-state index is 0.529. The van der Waals surface area contributed by atoms with Crippen molar-refractivity contribution in [2.24, 2.45) is 5.73 Å². The van der Waals surface area contributed by atoms with E-state index in [1.807, 2.05) is 36.4 Å². The molecule has 0 aromatic heterocycles. The molecule has 76 valence electrons. The van der Waals surface area contributed by atoms with Gasteiger partial charge in [0.15, 0.2) is 0 Å². The second-order valence-electron chi connectivity index (χ2n) is 3.37. The molecule has 0 spiro atoms. The van der Waals surface area contributed by atoms with Gasteiger partial charge in [0.1, 0.15) is 0 Å². The van der Waals surface area contributed by atoms with Gasteiger partial charge in [-0.1, -0.05) is 48.0 Å². The van der Waals surface area contributed by atoms with E-state index in [9.17, 15) is 0 Å². The molecule has 0 saturated heterocycles. The van der Waals surface area contributed by atoms with E-state index in [1.54, 1.807) is 0 Å². The summed E-state index contributed by atoms with van der Waals surface area (Å²) in [6, 6.07) is 15.9. The Kier molecular flexibility index (Phi) is 3.05. The smallest absolute Gasteiger partial charge is 0.0412 e. The number of hydrogen-bond donors (Lipinski definition) is 1. The van der Waals surface area contributed by atoms with Gasteiger partial charge < -0.3 is 5.73 Å². The van der Waals surface area contributed by atoms with E-state index >= 15 is 0 Å². The Morgan fingerprint density at radius 2 is 1.73 bits per heavy atom. The van der Waals surface area contributed by atoms with E-state index in [-0.39, 0.29) is 0 Å². The molecule has 2 aromatic carbocycles. The minimum absolute atomic E-state index is 0.529. The summed E-state index contributed by atoms with van der Waals surface area (Å²) < 4.78 is 0. The normalized spacial score (nSPS) is 10.3. The molecular formula is C13H12ClN. The molecule has 0 amide bonds. The van der Waals surface area contributed by atoms with Crippen LogP contribution in [0.3, 0.4) is 0 Å². The molecule has 0 unspecified atom stereocenters.